The fourth-order valence-corrected chi connectivity index (χ4v) is 3.76. The zero-order chi connectivity index (χ0) is 12.5. The standard InChI is InChI=1S/C16H23Br/c1-15(2,3)13-6-8-14(9-7-13)16(12-17)10-4-5-11-16/h6-9H,4-5,10-12H2,1-3H3. The summed E-state index contributed by atoms with van der Waals surface area (Å²) >= 11 is 3.73. The van der Waals surface area contributed by atoms with E-state index in [9.17, 15) is 0 Å². The molecule has 94 valence electrons. The van der Waals surface area contributed by atoms with Crippen LogP contribution >= 0.6 is 15.9 Å². The third-order valence-electron chi connectivity index (χ3n) is 4.18. The molecular formula is C16H23Br. The zero-order valence-corrected chi connectivity index (χ0v) is 12.8. The highest BCUT2D eigenvalue weighted by atomic mass is 79.9. The Bertz CT molecular complexity index is 364. The molecule has 0 amide bonds. The first kappa shape index (κ1) is 13.1. The lowest BCUT2D eigenvalue weighted by molar-refractivity contribution is 0.504. The van der Waals surface area contributed by atoms with Gasteiger partial charge in [-0.2, -0.15) is 0 Å². The van der Waals surface area contributed by atoms with Crippen LogP contribution in [0.1, 0.15) is 57.6 Å². The highest BCUT2D eigenvalue weighted by Gasteiger charge is 2.34. The molecule has 0 saturated heterocycles. The van der Waals surface area contributed by atoms with Crippen LogP contribution in [0.3, 0.4) is 0 Å². The Kier molecular flexibility index (Phi) is 3.68. The lowest BCUT2D eigenvalue weighted by Crippen LogP contribution is -2.24. The van der Waals surface area contributed by atoms with E-state index in [1.807, 2.05) is 0 Å². The van der Waals surface area contributed by atoms with E-state index in [-0.39, 0.29) is 5.41 Å². The molecule has 0 heterocycles. The molecule has 1 aromatic carbocycles. The first-order chi connectivity index (χ1) is 7.98. The van der Waals surface area contributed by atoms with E-state index in [2.05, 4.69) is 61.0 Å². The van der Waals surface area contributed by atoms with Crippen LogP contribution < -0.4 is 0 Å². The molecule has 0 radical (unpaired) electrons. The van der Waals surface area contributed by atoms with Crippen molar-refractivity contribution in [3.8, 4) is 0 Å². The van der Waals surface area contributed by atoms with Crippen molar-refractivity contribution in [1.29, 1.82) is 0 Å². The van der Waals surface area contributed by atoms with Crippen molar-refractivity contribution in [2.75, 3.05) is 5.33 Å². The minimum absolute atomic E-state index is 0.260. The monoisotopic (exact) mass is 294 g/mol. The van der Waals surface area contributed by atoms with Gasteiger partial charge in [0.1, 0.15) is 0 Å². The average molecular weight is 295 g/mol. The van der Waals surface area contributed by atoms with Gasteiger partial charge >= 0.3 is 0 Å². The van der Waals surface area contributed by atoms with Gasteiger partial charge in [0.15, 0.2) is 0 Å². The van der Waals surface area contributed by atoms with Crippen molar-refractivity contribution >= 4 is 15.9 Å². The number of alkyl halides is 1. The van der Waals surface area contributed by atoms with Gasteiger partial charge in [-0.3, -0.25) is 0 Å². The number of rotatable bonds is 2. The molecule has 1 saturated carbocycles. The smallest absolute Gasteiger partial charge is 0.0129 e. The van der Waals surface area contributed by atoms with Crippen LogP contribution in [0, 0.1) is 0 Å². The minimum atomic E-state index is 0.260. The molecule has 0 N–H and O–H groups in total. The van der Waals surface area contributed by atoms with Crippen molar-refractivity contribution in [2.45, 2.75) is 57.3 Å². The van der Waals surface area contributed by atoms with E-state index in [4.69, 9.17) is 0 Å². The number of halogens is 1. The maximum Gasteiger partial charge on any atom is 0.0129 e. The highest BCUT2D eigenvalue weighted by Crippen LogP contribution is 2.42. The average Bonchev–Trinajstić information content (AvgIpc) is 2.78. The van der Waals surface area contributed by atoms with Crippen LogP contribution in [0.2, 0.25) is 0 Å². The molecule has 1 aliphatic rings. The number of hydrogen-bond acceptors (Lipinski definition) is 0. The third-order valence-corrected chi connectivity index (χ3v) is 5.25. The quantitative estimate of drug-likeness (QED) is 0.659. The normalized spacial score (nSPS) is 19.5. The molecule has 0 spiro atoms. The summed E-state index contributed by atoms with van der Waals surface area (Å²) in [6, 6.07) is 9.34. The summed E-state index contributed by atoms with van der Waals surface area (Å²) in [5, 5.41) is 1.11. The first-order valence-corrected chi connectivity index (χ1v) is 7.77. The van der Waals surface area contributed by atoms with Gasteiger partial charge in [0.25, 0.3) is 0 Å². The van der Waals surface area contributed by atoms with E-state index in [1.165, 1.54) is 36.8 Å². The van der Waals surface area contributed by atoms with Gasteiger partial charge in [-0.1, -0.05) is 73.8 Å². The van der Waals surface area contributed by atoms with Crippen molar-refractivity contribution in [3.63, 3.8) is 0 Å². The predicted molar refractivity (Wildman–Crippen MR) is 79.1 cm³/mol. The molecule has 1 aliphatic carbocycles. The second-order valence-electron chi connectivity index (χ2n) is 6.45. The second-order valence-corrected chi connectivity index (χ2v) is 7.01. The molecule has 1 heteroatoms. The van der Waals surface area contributed by atoms with Crippen LogP contribution in [0.4, 0.5) is 0 Å². The van der Waals surface area contributed by atoms with Crippen LogP contribution in [0.15, 0.2) is 24.3 Å². The maximum atomic E-state index is 3.73. The van der Waals surface area contributed by atoms with Crippen molar-refractivity contribution in [3.05, 3.63) is 35.4 Å². The molecule has 0 bridgehead atoms. The van der Waals surface area contributed by atoms with E-state index in [0.29, 0.717) is 5.41 Å². The molecule has 2 rings (SSSR count). The van der Waals surface area contributed by atoms with Crippen molar-refractivity contribution in [2.24, 2.45) is 0 Å². The molecular weight excluding hydrogens is 272 g/mol. The Morgan fingerprint density at radius 3 is 2.00 bits per heavy atom. The summed E-state index contributed by atoms with van der Waals surface area (Å²) in [5.74, 6) is 0. The second kappa shape index (κ2) is 4.76. The van der Waals surface area contributed by atoms with Crippen LogP contribution in [0.25, 0.3) is 0 Å². The van der Waals surface area contributed by atoms with Crippen molar-refractivity contribution in [1.82, 2.24) is 0 Å². The van der Waals surface area contributed by atoms with Crippen LogP contribution in [-0.4, -0.2) is 5.33 Å². The molecule has 0 aromatic heterocycles. The molecule has 0 nitrogen and oxygen atoms in total. The predicted octanol–water partition coefficient (Wildman–Crippen LogP) is 5.19. The Balaban J connectivity index is 2.28. The van der Waals surface area contributed by atoms with E-state index in [1.54, 1.807) is 0 Å². The minimum Gasteiger partial charge on any atom is -0.0918 e. The van der Waals surface area contributed by atoms with Gasteiger partial charge in [-0.25, -0.2) is 0 Å². The summed E-state index contributed by atoms with van der Waals surface area (Å²) < 4.78 is 0. The van der Waals surface area contributed by atoms with Gasteiger partial charge in [0.05, 0.1) is 0 Å². The molecule has 1 aromatic rings. The maximum absolute atomic E-state index is 3.73. The summed E-state index contributed by atoms with van der Waals surface area (Å²) in [6.07, 6.45) is 5.44. The van der Waals surface area contributed by atoms with Gasteiger partial charge in [-0.05, 0) is 29.4 Å². The van der Waals surface area contributed by atoms with Gasteiger partial charge in [0, 0.05) is 10.7 Å². The lowest BCUT2D eigenvalue weighted by Gasteiger charge is -2.28. The van der Waals surface area contributed by atoms with E-state index >= 15 is 0 Å². The Hall–Kier alpha value is -0.300. The third kappa shape index (κ3) is 2.59. The summed E-state index contributed by atoms with van der Waals surface area (Å²) in [5.41, 5.74) is 3.63. The fraction of sp³-hybridized carbons (Fsp3) is 0.625. The highest BCUT2D eigenvalue weighted by molar-refractivity contribution is 9.09. The van der Waals surface area contributed by atoms with E-state index < -0.39 is 0 Å². The lowest BCUT2D eigenvalue weighted by atomic mass is 9.79. The Morgan fingerprint density at radius 1 is 1.06 bits per heavy atom. The van der Waals surface area contributed by atoms with Gasteiger partial charge in [0.2, 0.25) is 0 Å². The number of hydrogen-bond donors (Lipinski definition) is 0. The topological polar surface area (TPSA) is 0 Å². The first-order valence-electron chi connectivity index (χ1n) is 6.65. The van der Waals surface area contributed by atoms with Gasteiger partial charge in [-0.15, -0.1) is 0 Å². The molecule has 0 unspecified atom stereocenters. The summed E-state index contributed by atoms with van der Waals surface area (Å²) in [6.45, 7) is 6.83. The molecule has 0 atom stereocenters. The SMILES string of the molecule is CC(C)(C)c1ccc(C2(CBr)CCCC2)cc1. The molecule has 0 aliphatic heterocycles. The Labute approximate surface area is 114 Å². The summed E-state index contributed by atoms with van der Waals surface area (Å²) in [7, 11) is 0. The van der Waals surface area contributed by atoms with Crippen LogP contribution in [-0.2, 0) is 10.8 Å². The van der Waals surface area contributed by atoms with Gasteiger partial charge < -0.3 is 0 Å². The van der Waals surface area contributed by atoms with Crippen LogP contribution in [0.5, 0.6) is 0 Å². The number of benzene rings is 1. The van der Waals surface area contributed by atoms with Crippen molar-refractivity contribution < 1.29 is 0 Å². The summed E-state index contributed by atoms with van der Waals surface area (Å²) in [4.78, 5) is 0. The largest absolute Gasteiger partial charge is 0.0918 e. The molecule has 17 heavy (non-hydrogen) atoms. The molecule has 1 fully saturated rings. The van der Waals surface area contributed by atoms with E-state index in [0.717, 1.165) is 5.33 Å². The fourth-order valence-electron chi connectivity index (χ4n) is 2.88. The Morgan fingerprint density at radius 2 is 1.59 bits per heavy atom. The zero-order valence-electron chi connectivity index (χ0n) is 11.2.